The summed E-state index contributed by atoms with van der Waals surface area (Å²) in [7, 11) is 3.21. The van der Waals surface area contributed by atoms with Crippen LogP contribution in [0.5, 0.6) is 11.5 Å². The summed E-state index contributed by atoms with van der Waals surface area (Å²) in [5.74, 6) is 6.91. The minimum absolute atomic E-state index is 0.226. The first-order chi connectivity index (χ1) is 17.5. The fourth-order valence-electron chi connectivity index (χ4n) is 3.64. The van der Waals surface area contributed by atoms with Crippen molar-refractivity contribution in [3.8, 4) is 23.3 Å². The average molecular weight is 487 g/mol. The molecule has 6 heteroatoms. The zero-order chi connectivity index (χ0) is 25.9. The smallest absolute Gasteiger partial charge is 0.338 e. The second-order valence-electron chi connectivity index (χ2n) is 7.81. The molecule has 0 atom stereocenters. The Morgan fingerprint density at radius 2 is 1.53 bits per heavy atom. The van der Waals surface area contributed by atoms with Crippen LogP contribution < -0.4 is 9.47 Å². The van der Waals surface area contributed by atoms with Crippen LogP contribution in [0.3, 0.4) is 0 Å². The van der Waals surface area contributed by atoms with Crippen molar-refractivity contribution in [1.82, 2.24) is 0 Å². The van der Waals surface area contributed by atoms with E-state index in [2.05, 4.69) is 11.8 Å². The van der Waals surface area contributed by atoms with Gasteiger partial charge in [0.15, 0.2) is 0 Å². The largest absolute Gasteiger partial charge is 0.497 e. The van der Waals surface area contributed by atoms with Gasteiger partial charge in [-0.2, -0.15) is 0 Å². The van der Waals surface area contributed by atoms with Crippen molar-refractivity contribution in [1.29, 1.82) is 0 Å². The first-order valence-electron chi connectivity index (χ1n) is 11.7. The van der Waals surface area contributed by atoms with Crippen molar-refractivity contribution in [2.24, 2.45) is 0 Å². The molecule has 0 radical (unpaired) electrons. The summed E-state index contributed by atoms with van der Waals surface area (Å²) in [5.41, 5.74) is 2.65. The summed E-state index contributed by atoms with van der Waals surface area (Å²) < 4.78 is 21.0. The minimum atomic E-state index is -0.401. The predicted molar refractivity (Wildman–Crippen MR) is 140 cm³/mol. The van der Waals surface area contributed by atoms with Gasteiger partial charge in [0.05, 0.1) is 33.0 Å². The van der Waals surface area contributed by atoms with Gasteiger partial charge in [0.1, 0.15) is 11.5 Å². The number of fused-ring (bicyclic) bond motifs is 1. The molecule has 0 unspecified atom stereocenters. The van der Waals surface area contributed by atoms with Gasteiger partial charge in [-0.15, -0.1) is 0 Å². The number of carbonyl (C=O) groups excluding carboxylic acids is 2. The lowest BCUT2D eigenvalue weighted by Gasteiger charge is -2.10. The second kappa shape index (κ2) is 13.0. The molecule has 0 amide bonds. The molecule has 0 heterocycles. The highest BCUT2D eigenvalue weighted by molar-refractivity contribution is 5.97. The van der Waals surface area contributed by atoms with Crippen LogP contribution in [0.15, 0.2) is 60.2 Å². The third-order valence-electron chi connectivity index (χ3n) is 5.44. The fraction of sp³-hybridized carbons (Fsp3) is 0.267. The maximum absolute atomic E-state index is 12.5. The predicted octanol–water partition coefficient (Wildman–Crippen LogP) is 5.62. The Morgan fingerprint density at radius 3 is 2.19 bits per heavy atom. The molecule has 0 N–H and O–H groups in total. The second-order valence-corrected chi connectivity index (χ2v) is 7.81. The number of methoxy groups -OCH3 is 2. The lowest BCUT2D eigenvalue weighted by molar-refractivity contribution is -0.138. The molecule has 0 saturated carbocycles. The number of esters is 2. The van der Waals surface area contributed by atoms with Gasteiger partial charge in [0, 0.05) is 18.4 Å². The molecule has 0 aromatic heterocycles. The van der Waals surface area contributed by atoms with Crippen molar-refractivity contribution < 1.29 is 28.5 Å². The molecule has 0 saturated heterocycles. The Kier molecular flexibility index (Phi) is 9.53. The topological polar surface area (TPSA) is 71.1 Å². The summed E-state index contributed by atoms with van der Waals surface area (Å²) >= 11 is 0. The fourth-order valence-corrected chi connectivity index (χ4v) is 3.64. The Labute approximate surface area is 211 Å². The Balaban J connectivity index is 1.89. The average Bonchev–Trinajstić information content (AvgIpc) is 2.90. The molecule has 3 rings (SSSR count). The lowest BCUT2D eigenvalue weighted by Crippen LogP contribution is -2.07. The van der Waals surface area contributed by atoms with Crippen molar-refractivity contribution >= 4 is 28.8 Å². The van der Waals surface area contributed by atoms with Crippen LogP contribution in [0.2, 0.25) is 0 Å². The van der Waals surface area contributed by atoms with Gasteiger partial charge in [-0.25, -0.2) is 9.59 Å². The summed E-state index contributed by atoms with van der Waals surface area (Å²) in [6, 6.07) is 16.7. The SMILES string of the molecule is CCOC(=O)/C(=C/c1ccc(OC)cc1)CC#CCc1cc(C(=O)OCC)cc2ccc(OC)cc12. The van der Waals surface area contributed by atoms with Gasteiger partial charge in [-0.05, 0) is 78.2 Å². The van der Waals surface area contributed by atoms with E-state index in [1.807, 2.05) is 42.5 Å². The molecule has 0 aliphatic heterocycles. The number of hydrogen-bond acceptors (Lipinski definition) is 6. The van der Waals surface area contributed by atoms with Crippen molar-refractivity contribution in [3.63, 3.8) is 0 Å². The lowest BCUT2D eigenvalue weighted by atomic mass is 9.98. The monoisotopic (exact) mass is 486 g/mol. The Hall–Kier alpha value is -4.24. The van der Waals surface area contributed by atoms with Crippen LogP contribution in [0.25, 0.3) is 16.8 Å². The third-order valence-corrected chi connectivity index (χ3v) is 5.44. The zero-order valence-corrected chi connectivity index (χ0v) is 21.1. The van der Waals surface area contributed by atoms with E-state index in [9.17, 15) is 9.59 Å². The first-order valence-corrected chi connectivity index (χ1v) is 11.7. The minimum Gasteiger partial charge on any atom is -0.497 e. The van der Waals surface area contributed by atoms with Gasteiger partial charge in [0.2, 0.25) is 0 Å². The number of ether oxygens (including phenoxy) is 4. The molecule has 0 aliphatic rings. The number of carbonyl (C=O) groups is 2. The molecule has 3 aromatic carbocycles. The van der Waals surface area contributed by atoms with Crippen LogP contribution in [0.4, 0.5) is 0 Å². The summed E-state index contributed by atoms with van der Waals surface area (Å²) in [6.45, 7) is 4.12. The van der Waals surface area contributed by atoms with Gasteiger partial charge in [0.25, 0.3) is 0 Å². The Bertz CT molecular complexity index is 1310. The molecule has 186 valence electrons. The first kappa shape index (κ1) is 26.4. The van der Waals surface area contributed by atoms with Crippen molar-refractivity contribution in [2.45, 2.75) is 26.7 Å². The zero-order valence-electron chi connectivity index (χ0n) is 21.1. The Morgan fingerprint density at radius 1 is 0.833 bits per heavy atom. The normalized spacial score (nSPS) is 10.8. The number of rotatable bonds is 9. The molecule has 36 heavy (non-hydrogen) atoms. The van der Waals surface area contributed by atoms with E-state index in [1.54, 1.807) is 46.3 Å². The molecule has 0 aliphatic carbocycles. The summed E-state index contributed by atoms with van der Waals surface area (Å²) in [5, 5.41) is 1.83. The van der Waals surface area contributed by atoms with Crippen LogP contribution in [-0.2, 0) is 20.7 Å². The van der Waals surface area contributed by atoms with E-state index < -0.39 is 5.97 Å². The van der Waals surface area contributed by atoms with Crippen molar-refractivity contribution in [3.05, 3.63) is 76.9 Å². The van der Waals surface area contributed by atoms with Gasteiger partial charge in [-0.1, -0.05) is 30.0 Å². The standard InChI is InChI=1S/C30H30O6/c1-5-35-29(31)24(17-21-11-14-26(33-3)15-12-21)10-8-7-9-22-18-25(30(32)36-6-2)19-23-13-16-27(34-4)20-28(22)23/h11-20H,5-6,9-10H2,1-4H3/b24-17+. The van der Waals surface area contributed by atoms with Crippen molar-refractivity contribution in [2.75, 3.05) is 27.4 Å². The highest BCUT2D eigenvalue weighted by atomic mass is 16.5. The molecular formula is C30H30O6. The molecular weight excluding hydrogens is 456 g/mol. The van der Waals surface area contributed by atoms with E-state index in [0.717, 1.165) is 27.6 Å². The molecule has 3 aromatic rings. The van der Waals surface area contributed by atoms with E-state index in [4.69, 9.17) is 18.9 Å². The maximum atomic E-state index is 12.5. The molecule has 0 spiro atoms. The van der Waals surface area contributed by atoms with Gasteiger partial charge >= 0.3 is 11.9 Å². The van der Waals surface area contributed by atoms with Crippen LogP contribution >= 0.6 is 0 Å². The molecule has 0 fully saturated rings. The van der Waals surface area contributed by atoms with E-state index in [-0.39, 0.29) is 19.0 Å². The maximum Gasteiger partial charge on any atom is 0.338 e. The van der Waals surface area contributed by atoms with Crippen LogP contribution in [-0.4, -0.2) is 39.4 Å². The van der Waals surface area contributed by atoms with Gasteiger partial charge < -0.3 is 18.9 Å². The highest BCUT2D eigenvalue weighted by Crippen LogP contribution is 2.27. The molecule has 0 bridgehead atoms. The van der Waals surface area contributed by atoms with E-state index >= 15 is 0 Å². The number of hydrogen-bond donors (Lipinski definition) is 0. The van der Waals surface area contributed by atoms with Crippen LogP contribution in [0, 0.1) is 11.8 Å². The van der Waals surface area contributed by atoms with Gasteiger partial charge in [-0.3, -0.25) is 0 Å². The highest BCUT2D eigenvalue weighted by Gasteiger charge is 2.12. The summed E-state index contributed by atoms with van der Waals surface area (Å²) in [4.78, 5) is 24.9. The quantitative estimate of drug-likeness (QED) is 0.222. The number of benzene rings is 3. The van der Waals surface area contributed by atoms with Crippen LogP contribution in [0.1, 0.15) is 41.8 Å². The molecule has 6 nitrogen and oxygen atoms in total. The summed E-state index contributed by atoms with van der Waals surface area (Å²) in [6.07, 6.45) is 2.38. The third kappa shape index (κ3) is 6.89. The van der Waals surface area contributed by atoms with E-state index in [1.165, 1.54) is 0 Å². The van der Waals surface area contributed by atoms with E-state index in [0.29, 0.717) is 29.9 Å².